The number of rotatable bonds is 5. The average molecular weight is 211 g/mol. The third kappa shape index (κ3) is 4.21. The first-order valence-corrected chi connectivity index (χ1v) is 4.26. The van der Waals surface area contributed by atoms with Gasteiger partial charge >= 0.3 is 5.97 Å². The number of carbonyl (C=O) groups is 1. The summed E-state index contributed by atoms with van der Waals surface area (Å²) in [7, 11) is 1.23. The van der Waals surface area contributed by atoms with Crippen molar-refractivity contribution in [2.75, 3.05) is 7.11 Å². The molecular weight excluding hydrogens is 198 g/mol. The second-order valence-electron chi connectivity index (χ2n) is 2.62. The van der Waals surface area contributed by atoms with Crippen LogP contribution in [0.25, 0.3) is 0 Å². The maximum Gasteiger partial charge on any atom is 0.310 e. The van der Waals surface area contributed by atoms with Gasteiger partial charge in [0.2, 0.25) is 0 Å². The van der Waals surface area contributed by atoms with Gasteiger partial charge in [-0.3, -0.25) is 14.9 Å². The molecule has 0 N–H and O–H groups in total. The molecule has 5 nitrogen and oxygen atoms in total. The Morgan fingerprint density at radius 1 is 1.60 bits per heavy atom. The van der Waals surface area contributed by atoms with Crippen LogP contribution in [-0.4, -0.2) is 18.0 Å². The zero-order chi connectivity index (χ0) is 11.8. The van der Waals surface area contributed by atoms with Crippen LogP contribution in [0, 0.1) is 10.1 Å². The van der Waals surface area contributed by atoms with Crippen molar-refractivity contribution in [3.63, 3.8) is 0 Å². The van der Waals surface area contributed by atoms with Crippen LogP contribution in [0.15, 0.2) is 36.1 Å². The van der Waals surface area contributed by atoms with E-state index in [2.05, 4.69) is 11.3 Å². The Morgan fingerprint density at radius 2 is 2.20 bits per heavy atom. The van der Waals surface area contributed by atoms with Crippen LogP contribution in [-0.2, 0) is 9.53 Å². The molecule has 0 aromatic heterocycles. The predicted octanol–water partition coefficient (Wildman–Crippen LogP) is 1.84. The molecule has 0 amide bonds. The lowest BCUT2D eigenvalue weighted by Crippen LogP contribution is -2.06. The Hall–Kier alpha value is -1.91. The quantitative estimate of drug-likeness (QED) is 0.301. The molecule has 0 aliphatic heterocycles. The topological polar surface area (TPSA) is 69.4 Å². The summed E-state index contributed by atoms with van der Waals surface area (Å²) < 4.78 is 4.42. The van der Waals surface area contributed by atoms with E-state index in [0.717, 1.165) is 0 Å². The van der Waals surface area contributed by atoms with Crippen molar-refractivity contribution >= 4 is 5.97 Å². The van der Waals surface area contributed by atoms with Crippen molar-refractivity contribution in [3.8, 4) is 0 Å². The maximum atomic E-state index is 11.0. The second kappa shape index (κ2) is 6.53. The van der Waals surface area contributed by atoms with Crippen molar-refractivity contribution in [2.45, 2.75) is 13.3 Å². The highest BCUT2D eigenvalue weighted by molar-refractivity contribution is 5.73. The summed E-state index contributed by atoms with van der Waals surface area (Å²) in [5.41, 5.74) is 0.0999. The maximum absolute atomic E-state index is 11.0. The van der Waals surface area contributed by atoms with E-state index in [1.807, 2.05) is 0 Å². The normalized spacial score (nSPS) is 12.1. The van der Waals surface area contributed by atoms with Gasteiger partial charge in [0.1, 0.15) is 0 Å². The molecular formula is C10H13NO4. The Kier molecular flexibility index (Phi) is 5.70. The number of nitro groups is 1. The summed E-state index contributed by atoms with van der Waals surface area (Å²) in [4.78, 5) is 21.1. The highest BCUT2D eigenvalue weighted by Crippen LogP contribution is 2.13. The molecule has 0 radical (unpaired) electrons. The van der Waals surface area contributed by atoms with Crippen LogP contribution in [0.1, 0.15) is 13.3 Å². The fraction of sp³-hybridized carbons (Fsp3) is 0.300. The van der Waals surface area contributed by atoms with Crippen molar-refractivity contribution < 1.29 is 14.5 Å². The van der Waals surface area contributed by atoms with Gasteiger partial charge in [-0.25, -0.2) is 0 Å². The molecule has 0 heterocycles. The van der Waals surface area contributed by atoms with Crippen molar-refractivity contribution in [1.82, 2.24) is 0 Å². The molecule has 82 valence electrons. The number of esters is 1. The smallest absolute Gasteiger partial charge is 0.310 e. The fourth-order valence-corrected chi connectivity index (χ4v) is 0.938. The number of ether oxygens (including phenoxy) is 1. The van der Waals surface area contributed by atoms with E-state index in [4.69, 9.17) is 0 Å². The highest BCUT2D eigenvalue weighted by atomic mass is 16.6. The molecule has 0 aromatic carbocycles. The predicted molar refractivity (Wildman–Crippen MR) is 55.7 cm³/mol. The van der Waals surface area contributed by atoms with E-state index in [1.54, 1.807) is 6.92 Å². The van der Waals surface area contributed by atoms with Gasteiger partial charge in [-0.15, -0.1) is 0 Å². The van der Waals surface area contributed by atoms with E-state index in [9.17, 15) is 14.9 Å². The first-order valence-electron chi connectivity index (χ1n) is 4.26. The molecule has 0 aliphatic carbocycles. The number of carbonyl (C=O) groups excluding carboxylic acids is 1. The van der Waals surface area contributed by atoms with E-state index in [0.29, 0.717) is 0 Å². The number of allylic oxidation sites excluding steroid dienone is 3. The van der Waals surface area contributed by atoms with Gasteiger partial charge in [0.25, 0.3) is 5.70 Å². The molecule has 0 spiro atoms. The number of methoxy groups -OCH3 is 1. The Labute approximate surface area is 87.9 Å². The molecule has 0 rings (SSSR count). The SMILES string of the molecule is C=C/C(CC(=O)OC)=C(\C=C/C)[N+](=O)[O-]. The first-order chi connectivity index (χ1) is 7.06. The standard InChI is InChI=1S/C10H13NO4/c1-4-6-9(11(13)14)8(5-2)7-10(12)15-3/h4-6H,2,7H2,1,3H3/b6-4-,9-8-. The third-order valence-corrected chi connectivity index (χ3v) is 1.66. The van der Waals surface area contributed by atoms with E-state index in [-0.39, 0.29) is 17.7 Å². The van der Waals surface area contributed by atoms with Crippen LogP contribution in [0.4, 0.5) is 0 Å². The summed E-state index contributed by atoms with van der Waals surface area (Å²) in [5.74, 6) is -0.534. The number of hydrogen-bond donors (Lipinski definition) is 0. The minimum absolute atomic E-state index is 0.141. The summed E-state index contributed by atoms with van der Waals surface area (Å²) in [6.45, 7) is 5.09. The van der Waals surface area contributed by atoms with Gasteiger partial charge in [-0.1, -0.05) is 18.7 Å². The minimum atomic E-state index is -0.556. The summed E-state index contributed by atoms with van der Waals surface area (Å²) >= 11 is 0. The van der Waals surface area contributed by atoms with Gasteiger partial charge in [-0.2, -0.15) is 0 Å². The van der Waals surface area contributed by atoms with E-state index in [1.165, 1.54) is 25.3 Å². The number of nitrogens with zero attached hydrogens (tertiary/aromatic N) is 1. The van der Waals surface area contributed by atoms with E-state index >= 15 is 0 Å². The van der Waals surface area contributed by atoms with Gasteiger partial charge in [0, 0.05) is 11.6 Å². The van der Waals surface area contributed by atoms with Crippen LogP contribution in [0.3, 0.4) is 0 Å². The van der Waals surface area contributed by atoms with Crippen LogP contribution >= 0.6 is 0 Å². The molecule has 0 atom stereocenters. The molecule has 0 saturated heterocycles. The Morgan fingerprint density at radius 3 is 2.53 bits per heavy atom. The molecule has 15 heavy (non-hydrogen) atoms. The largest absolute Gasteiger partial charge is 0.469 e. The lowest BCUT2D eigenvalue weighted by molar-refractivity contribution is -0.420. The van der Waals surface area contributed by atoms with Crippen LogP contribution < -0.4 is 0 Å². The summed E-state index contributed by atoms with van der Waals surface area (Å²) in [5, 5.41) is 10.7. The zero-order valence-electron chi connectivity index (χ0n) is 8.73. The molecule has 0 aliphatic rings. The van der Waals surface area contributed by atoms with Gasteiger partial charge in [0.05, 0.1) is 18.5 Å². The summed E-state index contributed by atoms with van der Waals surface area (Å²) in [6, 6.07) is 0. The molecule has 0 fully saturated rings. The third-order valence-electron chi connectivity index (χ3n) is 1.66. The Bertz CT molecular complexity index is 328. The molecule has 0 aromatic rings. The molecule has 0 saturated carbocycles. The van der Waals surface area contributed by atoms with Gasteiger partial charge in [-0.05, 0) is 6.92 Å². The molecule has 5 heteroatoms. The lowest BCUT2D eigenvalue weighted by atomic mass is 10.1. The van der Waals surface area contributed by atoms with Gasteiger partial charge in [0.15, 0.2) is 0 Å². The Balaban J connectivity index is 5.13. The fourth-order valence-electron chi connectivity index (χ4n) is 0.938. The monoisotopic (exact) mass is 211 g/mol. The lowest BCUT2D eigenvalue weighted by Gasteiger charge is -2.00. The first kappa shape index (κ1) is 13.1. The average Bonchev–Trinajstić information content (AvgIpc) is 2.22. The second-order valence-corrected chi connectivity index (χ2v) is 2.62. The zero-order valence-corrected chi connectivity index (χ0v) is 8.73. The minimum Gasteiger partial charge on any atom is -0.469 e. The van der Waals surface area contributed by atoms with Crippen molar-refractivity contribution in [1.29, 1.82) is 0 Å². The van der Waals surface area contributed by atoms with Crippen LogP contribution in [0.5, 0.6) is 0 Å². The molecule has 0 unspecified atom stereocenters. The summed E-state index contributed by atoms with van der Waals surface area (Å²) in [6.07, 6.45) is 3.98. The molecule has 0 bridgehead atoms. The van der Waals surface area contributed by atoms with Gasteiger partial charge < -0.3 is 4.74 Å². The van der Waals surface area contributed by atoms with E-state index < -0.39 is 10.9 Å². The van der Waals surface area contributed by atoms with Crippen molar-refractivity contribution in [3.05, 3.63) is 46.2 Å². The van der Waals surface area contributed by atoms with Crippen molar-refractivity contribution in [2.24, 2.45) is 0 Å². The number of hydrogen-bond acceptors (Lipinski definition) is 4. The highest BCUT2D eigenvalue weighted by Gasteiger charge is 2.15. The van der Waals surface area contributed by atoms with Crippen LogP contribution in [0.2, 0.25) is 0 Å².